The van der Waals surface area contributed by atoms with Crippen LogP contribution in [0.4, 0.5) is 0 Å². The highest BCUT2D eigenvalue weighted by Crippen LogP contribution is 2.41. The number of carboxylic acids is 1. The van der Waals surface area contributed by atoms with Crippen LogP contribution in [0.25, 0.3) is 5.69 Å². The van der Waals surface area contributed by atoms with Crippen molar-refractivity contribution in [1.82, 2.24) is 24.7 Å². The summed E-state index contributed by atoms with van der Waals surface area (Å²) in [6, 6.07) is 13.4. The first kappa shape index (κ1) is 26.3. The number of thiocarbonyl (C=S) groups is 1. The van der Waals surface area contributed by atoms with Gasteiger partial charge in [0.05, 0.1) is 36.6 Å². The van der Waals surface area contributed by atoms with Gasteiger partial charge in [0.2, 0.25) is 0 Å². The van der Waals surface area contributed by atoms with Crippen molar-refractivity contribution >= 4 is 23.3 Å². The minimum absolute atomic E-state index is 0.0370. The van der Waals surface area contributed by atoms with E-state index in [9.17, 15) is 9.90 Å². The zero-order valence-electron chi connectivity index (χ0n) is 22.2. The minimum Gasteiger partial charge on any atom is -0.478 e. The van der Waals surface area contributed by atoms with Gasteiger partial charge in [-0.3, -0.25) is 9.88 Å². The Morgan fingerprint density at radius 2 is 1.92 bits per heavy atom. The summed E-state index contributed by atoms with van der Waals surface area (Å²) in [5.41, 5.74) is 6.42. The quantitative estimate of drug-likeness (QED) is 0.417. The van der Waals surface area contributed by atoms with Gasteiger partial charge in [0.1, 0.15) is 0 Å². The van der Waals surface area contributed by atoms with Gasteiger partial charge in [0.15, 0.2) is 5.11 Å². The molecule has 9 heteroatoms. The predicted molar refractivity (Wildman–Crippen MR) is 151 cm³/mol. The normalized spacial score (nSPS) is 20.1. The number of morpholine rings is 1. The highest BCUT2D eigenvalue weighted by molar-refractivity contribution is 7.80. The highest BCUT2D eigenvalue weighted by Gasteiger charge is 2.41. The van der Waals surface area contributed by atoms with E-state index in [2.05, 4.69) is 44.6 Å². The van der Waals surface area contributed by atoms with Crippen LogP contribution in [0.5, 0.6) is 0 Å². The van der Waals surface area contributed by atoms with Crippen LogP contribution in [0.15, 0.2) is 48.7 Å². The van der Waals surface area contributed by atoms with Crippen LogP contribution in [-0.2, 0) is 4.74 Å². The van der Waals surface area contributed by atoms with Crippen molar-refractivity contribution < 1.29 is 14.6 Å². The number of hydrogen-bond acceptors (Lipinski definition) is 5. The van der Waals surface area contributed by atoms with Gasteiger partial charge in [-0.2, -0.15) is 0 Å². The lowest BCUT2D eigenvalue weighted by Crippen LogP contribution is -2.39. The molecule has 0 amide bonds. The second-order valence-electron chi connectivity index (χ2n) is 10.1. The van der Waals surface area contributed by atoms with Crippen LogP contribution in [0.1, 0.15) is 57.1 Å². The third kappa shape index (κ3) is 5.18. The number of nitrogens with one attached hydrogen (secondary N) is 1. The molecule has 2 aromatic heterocycles. The topological polar surface area (TPSA) is 82.9 Å². The Morgan fingerprint density at radius 3 is 2.63 bits per heavy atom. The van der Waals surface area contributed by atoms with Gasteiger partial charge in [-0.05, 0) is 80.9 Å². The van der Waals surface area contributed by atoms with Crippen LogP contribution in [0.3, 0.4) is 0 Å². The summed E-state index contributed by atoms with van der Waals surface area (Å²) in [5.74, 6) is -0.930. The Balaban J connectivity index is 1.51. The Hall–Kier alpha value is -3.27. The number of hydrogen-bond donors (Lipinski definition) is 2. The third-order valence-electron chi connectivity index (χ3n) is 7.66. The first-order valence-corrected chi connectivity index (χ1v) is 13.6. The van der Waals surface area contributed by atoms with Crippen molar-refractivity contribution in [3.8, 4) is 5.69 Å². The van der Waals surface area contributed by atoms with Gasteiger partial charge >= 0.3 is 5.97 Å². The Bertz CT molecular complexity index is 1320. The second-order valence-corrected chi connectivity index (χ2v) is 10.5. The van der Waals surface area contributed by atoms with Crippen LogP contribution < -0.4 is 5.32 Å². The van der Waals surface area contributed by atoms with Crippen molar-refractivity contribution in [2.75, 3.05) is 39.4 Å². The number of pyridine rings is 1. The molecule has 2 saturated heterocycles. The second kappa shape index (κ2) is 11.2. The average Bonchev–Trinajstić information content (AvgIpc) is 3.40. The lowest BCUT2D eigenvalue weighted by molar-refractivity contribution is 0.0365. The molecule has 0 unspecified atom stereocenters. The number of rotatable bonds is 8. The Morgan fingerprint density at radius 1 is 1.13 bits per heavy atom. The monoisotopic (exact) mass is 533 g/mol. The number of aryl methyl sites for hydroxylation is 2. The lowest BCUT2D eigenvalue weighted by atomic mass is 9.96. The zero-order valence-corrected chi connectivity index (χ0v) is 23.0. The maximum absolute atomic E-state index is 11.7. The van der Waals surface area contributed by atoms with Gasteiger partial charge in [-0.1, -0.05) is 12.1 Å². The molecular formula is C29H35N5O3S. The molecule has 200 valence electrons. The fourth-order valence-electron chi connectivity index (χ4n) is 5.72. The fourth-order valence-corrected chi connectivity index (χ4v) is 6.05. The summed E-state index contributed by atoms with van der Waals surface area (Å²) in [6.07, 6.45) is 2.81. The van der Waals surface area contributed by atoms with E-state index in [1.807, 2.05) is 37.4 Å². The van der Waals surface area contributed by atoms with Crippen LogP contribution in [0, 0.1) is 20.8 Å². The predicted octanol–water partition coefficient (Wildman–Crippen LogP) is 4.19. The van der Waals surface area contributed by atoms with Crippen LogP contribution in [-0.4, -0.2) is 74.9 Å². The van der Waals surface area contributed by atoms with Crippen LogP contribution >= 0.6 is 12.2 Å². The number of aromatic carboxylic acids is 1. The summed E-state index contributed by atoms with van der Waals surface area (Å²) in [6.45, 7) is 11.6. The Kier molecular flexibility index (Phi) is 7.78. The molecule has 0 bridgehead atoms. The molecule has 2 aliphatic rings. The molecule has 4 heterocycles. The molecule has 0 radical (unpaired) electrons. The van der Waals surface area contributed by atoms with Gasteiger partial charge in [-0.25, -0.2) is 4.79 Å². The molecule has 5 rings (SSSR count). The first-order chi connectivity index (χ1) is 18.3. The molecule has 2 atom stereocenters. The van der Waals surface area contributed by atoms with E-state index >= 15 is 0 Å². The van der Waals surface area contributed by atoms with Crippen molar-refractivity contribution in [1.29, 1.82) is 0 Å². The van der Waals surface area contributed by atoms with Gasteiger partial charge in [-0.15, -0.1) is 0 Å². The summed E-state index contributed by atoms with van der Waals surface area (Å²) < 4.78 is 7.67. The zero-order chi connectivity index (χ0) is 26.8. The molecular weight excluding hydrogens is 498 g/mol. The molecule has 8 nitrogen and oxygen atoms in total. The smallest absolute Gasteiger partial charge is 0.335 e. The highest BCUT2D eigenvalue weighted by atomic mass is 32.1. The molecule has 2 N–H and O–H groups in total. The van der Waals surface area contributed by atoms with E-state index in [0.717, 1.165) is 84.8 Å². The third-order valence-corrected chi connectivity index (χ3v) is 8.01. The van der Waals surface area contributed by atoms with Gasteiger partial charge in [0, 0.05) is 49.5 Å². The molecule has 3 aromatic rings. The lowest BCUT2D eigenvalue weighted by Gasteiger charge is -2.30. The number of nitrogens with zero attached hydrogens (tertiary/aromatic N) is 4. The van der Waals surface area contributed by atoms with Crippen LogP contribution in [0.2, 0.25) is 0 Å². The molecule has 38 heavy (non-hydrogen) atoms. The average molecular weight is 534 g/mol. The number of carboxylic acid groups (broad SMARTS) is 1. The molecule has 0 saturated carbocycles. The molecule has 2 aliphatic heterocycles. The van der Waals surface area contributed by atoms with E-state index in [1.165, 1.54) is 0 Å². The van der Waals surface area contributed by atoms with Crippen molar-refractivity contribution in [3.63, 3.8) is 0 Å². The largest absolute Gasteiger partial charge is 0.478 e. The van der Waals surface area contributed by atoms with E-state index in [0.29, 0.717) is 0 Å². The summed E-state index contributed by atoms with van der Waals surface area (Å²) in [4.78, 5) is 21.2. The number of ether oxygens (including phenoxy) is 1. The van der Waals surface area contributed by atoms with Crippen molar-refractivity contribution in [2.24, 2.45) is 0 Å². The molecule has 1 aromatic carbocycles. The van der Waals surface area contributed by atoms with Crippen molar-refractivity contribution in [2.45, 2.75) is 39.3 Å². The number of aromatic nitrogens is 2. The summed E-state index contributed by atoms with van der Waals surface area (Å²) in [5, 5.41) is 13.9. The van der Waals surface area contributed by atoms with Gasteiger partial charge in [0.25, 0.3) is 0 Å². The standard InChI is InChI=1S/C29H35N5O3S/c1-19-8-9-22(28(35)36)18-25(19)34-20(2)17-23(21(34)3)27-26(24-7-4-5-10-30-24)31-29(38)33(27)12-6-11-32-13-15-37-16-14-32/h4-5,7-10,17-18,26-27H,6,11-16H2,1-3H3,(H,31,38)(H,35,36)/t26-,27-/m0/s1. The van der Waals surface area contributed by atoms with E-state index in [-0.39, 0.29) is 17.6 Å². The Labute approximate surface area is 229 Å². The SMILES string of the molecule is Cc1ccc(C(=O)O)cc1-n1c(C)cc([C@H]2[C@H](c3ccccn3)NC(=S)N2CCCN2CCOCC2)c1C. The van der Waals surface area contributed by atoms with E-state index in [4.69, 9.17) is 17.0 Å². The number of carbonyl (C=O) groups is 1. The fraction of sp³-hybridized carbons (Fsp3) is 0.414. The molecule has 0 aliphatic carbocycles. The number of benzene rings is 1. The molecule has 0 spiro atoms. The summed E-state index contributed by atoms with van der Waals surface area (Å²) >= 11 is 5.89. The van der Waals surface area contributed by atoms with E-state index < -0.39 is 5.97 Å². The molecule has 2 fully saturated rings. The van der Waals surface area contributed by atoms with Gasteiger partial charge < -0.3 is 24.6 Å². The maximum Gasteiger partial charge on any atom is 0.335 e. The minimum atomic E-state index is -0.930. The van der Waals surface area contributed by atoms with Crippen molar-refractivity contribution in [3.05, 3.63) is 82.4 Å². The summed E-state index contributed by atoms with van der Waals surface area (Å²) in [7, 11) is 0. The first-order valence-electron chi connectivity index (χ1n) is 13.2. The maximum atomic E-state index is 11.7. The van der Waals surface area contributed by atoms with E-state index in [1.54, 1.807) is 12.1 Å².